The highest BCUT2D eigenvalue weighted by Crippen LogP contribution is 2.20. The van der Waals surface area contributed by atoms with E-state index in [4.69, 9.17) is 0 Å². The van der Waals surface area contributed by atoms with Gasteiger partial charge in [-0.2, -0.15) is 0 Å². The number of phenolic OH excluding ortho intramolecular Hbond substituents is 1. The van der Waals surface area contributed by atoms with Gasteiger partial charge in [0, 0.05) is 56.6 Å². The molecule has 3 atom stereocenters. The van der Waals surface area contributed by atoms with Gasteiger partial charge in [-0.1, -0.05) is 60.7 Å². The van der Waals surface area contributed by atoms with Crippen LogP contribution >= 0.6 is 0 Å². The number of aromatic nitrogens is 1. The van der Waals surface area contributed by atoms with E-state index in [1.807, 2.05) is 71.8 Å². The molecule has 5 rings (SSSR count). The number of hydrogen-bond acceptors (Lipinski definition) is 6. The Hall–Kier alpha value is -5.16. The van der Waals surface area contributed by atoms with Crippen molar-refractivity contribution >= 4 is 34.5 Å². The first-order chi connectivity index (χ1) is 22.2. The fraction of sp³-hybridized carbons (Fsp3) is 0.314. The van der Waals surface area contributed by atoms with Gasteiger partial charge in [-0.3, -0.25) is 24.1 Å². The van der Waals surface area contributed by atoms with Crippen LogP contribution in [0.1, 0.15) is 23.6 Å². The third kappa shape index (κ3) is 8.10. The monoisotopic (exact) mass is 624 g/mol. The van der Waals surface area contributed by atoms with Gasteiger partial charge >= 0.3 is 0 Å². The third-order valence-electron chi connectivity index (χ3n) is 8.37. The van der Waals surface area contributed by atoms with Crippen molar-refractivity contribution < 1.29 is 24.3 Å². The molecule has 0 bridgehead atoms. The Morgan fingerprint density at radius 1 is 0.826 bits per heavy atom. The molecule has 1 aromatic heterocycles. The zero-order valence-corrected chi connectivity index (χ0v) is 26.0. The van der Waals surface area contributed by atoms with E-state index in [9.17, 15) is 24.3 Å². The van der Waals surface area contributed by atoms with Crippen molar-refractivity contribution in [2.75, 3.05) is 26.7 Å². The summed E-state index contributed by atoms with van der Waals surface area (Å²) in [7, 11) is 1.53. The van der Waals surface area contributed by atoms with Gasteiger partial charge in [-0.25, -0.2) is 0 Å². The van der Waals surface area contributed by atoms with Crippen molar-refractivity contribution in [3.8, 4) is 5.75 Å². The van der Waals surface area contributed by atoms with E-state index < -0.39 is 29.9 Å². The summed E-state index contributed by atoms with van der Waals surface area (Å²) in [5.74, 6) is -1.56. The minimum absolute atomic E-state index is 0.0624. The van der Waals surface area contributed by atoms with Crippen molar-refractivity contribution in [2.24, 2.45) is 0 Å². The molecule has 3 aromatic carbocycles. The van der Waals surface area contributed by atoms with Gasteiger partial charge < -0.3 is 30.9 Å². The van der Waals surface area contributed by atoms with Gasteiger partial charge in [-0.15, -0.1) is 0 Å². The SMILES string of the molecule is C[C@H]1C(=O)N[C@@H](Cc2ccccc2)C(=O)NCCN(Cc2cccc(O)c2)CC(=O)N[C@@H](Cc2c[nH]c3ccccc23)C(=O)N1C. The van der Waals surface area contributed by atoms with Crippen molar-refractivity contribution in [1.82, 2.24) is 30.7 Å². The molecule has 11 nitrogen and oxygen atoms in total. The summed E-state index contributed by atoms with van der Waals surface area (Å²) in [6, 6.07) is 21.1. The fourth-order valence-corrected chi connectivity index (χ4v) is 5.71. The number of H-pyrrole nitrogens is 1. The lowest BCUT2D eigenvalue weighted by Gasteiger charge is -2.30. The minimum atomic E-state index is -0.959. The van der Waals surface area contributed by atoms with Crippen LogP contribution < -0.4 is 16.0 Å². The molecule has 46 heavy (non-hydrogen) atoms. The Kier molecular flexibility index (Phi) is 10.3. The largest absolute Gasteiger partial charge is 0.508 e. The molecule has 0 radical (unpaired) electrons. The number of hydrogen-bond donors (Lipinski definition) is 5. The summed E-state index contributed by atoms with van der Waals surface area (Å²) in [6.07, 6.45) is 2.30. The Morgan fingerprint density at radius 2 is 1.57 bits per heavy atom. The number of rotatable bonds is 6. The normalized spacial score (nSPS) is 20.8. The number of fused-ring (bicyclic) bond motifs is 1. The topological polar surface area (TPSA) is 147 Å². The smallest absolute Gasteiger partial charge is 0.245 e. The number of benzene rings is 3. The average Bonchev–Trinajstić information content (AvgIpc) is 3.45. The second-order valence-corrected chi connectivity index (χ2v) is 11.7. The van der Waals surface area contributed by atoms with E-state index in [0.717, 1.165) is 27.6 Å². The van der Waals surface area contributed by atoms with Crippen LogP contribution in [0.3, 0.4) is 0 Å². The molecule has 4 aromatic rings. The van der Waals surface area contributed by atoms with Gasteiger partial charge in [-0.05, 0) is 41.8 Å². The molecule has 1 fully saturated rings. The fourth-order valence-electron chi connectivity index (χ4n) is 5.71. The maximum atomic E-state index is 14.0. The number of nitrogens with one attached hydrogen (secondary N) is 4. The Balaban J connectivity index is 1.44. The van der Waals surface area contributed by atoms with E-state index in [1.54, 1.807) is 25.1 Å². The molecule has 5 N–H and O–H groups in total. The van der Waals surface area contributed by atoms with E-state index in [2.05, 4.69) is 20.9 Å². The molecule has 1 aliphatic rings. The number of likely N-dealkylation sites (N-methyl/N-ethyl adjacent to an activating group) is 1. The van der Waals surface area contributed by atoms with Gasteiger partial charge in [0.05, 0.1) is 6.54 Å². The van der Waals surface area contributed by atoms with E-state index in [1.165, 1.54) is 11.9 Å². The highest BCUT2D eigenvalue weighted by atomic mass is 16.3. The molecule has 0 saturated carbocycles. The van der Waals surface area contributed by atoms with Crippen LogP contribution in [0.15, 0.2) is 85.1 Å². The number of carbonyl (C=O) groups excluding carboxylic acids is 4. The first kappa shape index (κ1) is 32.2. The second-order valence-electron chi connectivity index (χ2n) is 11.7. The lowest BCUT2D eigenvalue weighted by Crippen LogP contribution is -2.57. The minimum Gasteiger partial charge on any atom is -0.508 e. The van der Waals surface area contributed by atoms with E-state index in [-0.39, 0.29) is 43.5 Å². The summed E-state index contributed by atoms with van der Waals surface area (Å²) < 4.78 is 0. The van der Waals surface area contributed by atoms with E-state index >= 15 is 0 Å². The van der Waals surface area contributed by atoms with Gasteiger partial charge in [0.1, 0.15) is 23.9 Å². The van der Waals surface area contributed by atoms with Crippen LogP contribution in [-0.4, -0.2) is 88.3 Å². The zero-order chi connectivity index (χ0) is 32.6. The standard InChI is InChI=1S/C35H40N6O5/c1-23-33(44)39-30(18-24-9-4-3-5-10-24)34(45)36-15-16-41(21-25-11-8-12-27(42)17-25)22-32(43)38-31(35(46)40(23)2)19-26-20-37-29-14-7-6-13-28(26)29/h3-14,17,20,23,30-31,37,42H,15-16,18-19,21-22H2,1-2H3,(H,36,45)(H,38,43)(H,39,44)/t23-,30-,31-/m0/s1. The number of aromatic hydroxyl groups is 1. The van der Waals surface area contributed by atoms with Crippen molar-refractivity contribution in [2.45, 2.75) is 44.4 Å². The first-order valence-electron chi connectivity index (χ1n) is 15.4. The summed E-state index contributed by atoms with van der Waals surface area (Å²) in [4.78, 5) is 60.9. The Morgan fingerprint density at radius 3 is 2.35 bits per heavy atom. The van der Waals surface area contributed by atoms with Crippen LogP contribution in [0.4, 0.5) is 0 Å². The van der Waals surface area contributed by atoms with Crippen LogP contribution in [0.5, 0.6) is 5.75 Å². The molecule has 0 spiro atoms. The molecule has 1 aliphatic heterocycles. The number of nitrogens with zero attached hydrogens (tertiary/aromatic N) is 2. The number of para-hydroxylation sites is 1. The average molecular weight is 625 g/mol. The number of carbonyl (C=O) groups is 4. The third-order valence-corrected chi connectivity index (χ3v) is 8.37. The molecule has 4 amide bonds. The predicted molar refractivity (Wildman–Crippen MR) is 175 cm³/mol. The quantitative estimate of drug-likeness (QED) is 0.222. The maximum absolute atomic E-state index is 14.0. The Bertz CT molecular complexity index is 1690. The van der Waals surface area contributed by atoms with Crippen LogP contribution in [-0.2, 0) is 38.6 Å². The number of phenols is 1. The zero-order valence-electron chi connectivity index (χ0n) is 26.0. The molecule has 1 saturated heterocycles. The molecule has 0 unspecified atom stereocenters. The summed E-state index contributed by atoms with van der Waals surface area (Å²) in [5, 5.41) is 19.6. The van der Waals surface area contributed by atoms with Crippen molar-refractivity contribution in [1.29, 1.82) is 0 Å². The van der Waals surface area contributed by atoms with Gasteiger partial charge in [0.2, 0.25) is 23.6 Å². The highest BCUT2D eigenvalue weighted by Gasteiger charge is 2.33. The first-order valence-corrected chi connectivity index (χ1v) is 15.4. The summed E-state index contributed by atoms with van der Waals surface area (Å²) in [6.45, 7) is 2.37. The highest BCUT2D eigenvalue weighted by molar-refractivity contribution is 5.95. The van der Waals surface area contributed by atoms with Crippen molar-refractivity contribution in [3.63, 3.8) is 0 Å². The lowest BCUT2D eigenvalue weighted by molar-refractivity contribution is -0.142. The molecule has 2 heterocycles. The van der Waals surface area contributed by atoms with E-state index in [0.29, 0.717) is 13.1 Å². The maximum Gasteiger partial charge on any atom is 0.245 e. The van der Waals surface area contributed by atoms with Gasteiger partial charge in [0.15, 0.2) is 0 Å². The molecule has 0 aliphatic carbocycles. The second kappa shape index (κ2) is 14.7. The Labute approximate surface area is 268 Å². The van der Waals surface area contributed by atoms with Crippen molar-refractivity contribution in [3.05, 3.63) is 102 Å². The molecular formula is C35H40N6O5. The number of amides is 4. The van der Waals surface area contributed by atoms with Crippen LogP contribution in [0.25, 0.3) is 10.9 Å². The van der Waals surface area contributed by atoms with Gasteiger partial charge in [0.25, 0.3) is 0 Å². The number of aromatic amines is 1. The van der Waals surface area contributed by atoms with Crippen LogP contribution in [0.2, 0.25) is 0 Å². The summed E-state index contributed by atoms with van der Waals surface area (Å²) in [5.41, 5.74) is 3.42. The molecule has 11 heteroatoms. The molecular weight excluding hydrogens is 584 g/mol. The molecule has 240 valence electrons. The predicted octanol–water partition coefficient (Wildman–Crippen LogP) is 2.11. The lowest BCUT2D eigenvalue weighted by atomic mass is 10.0. The van der Waals surface area contributed by atoms with Crippen LogP contribution in [0, 0.1) is 0 Å². The summed E-state index contributed by atoms with van der Waals surface area (Å²) >= 11 is 0.